The van der Waals surface area contributed by atoms with Crippen molar-refractivity contribution >= 4 is 11.8 Å². The van der Waals surface area contributed by atoms with E-state index in [2.05, 4.69) is 19.1 Å². The van der Waals surface area contributed by atoms with Crippen LogP contribution in [-0.4, -0.2) is 60.5 Å². The van der Waals surface area contributed by atoms with Crippen molar-refractivity contribution < 1.29 is 14.3 Å². The lowest BCUT2D eigenvalue weighted by Crippen LogP contribution is -2.49. The van der Waals surface area contributed by atoms with Crippen LogP contribution in [0.15, 0.2) is 60.7 Å². The summed E-state index contributed by atoms with van der Waals surface area (Å²) in [5, 5.41) is 0. The van der Waals surface area contributed by atoms with Crippen LogP contribution in [0.5, 0.6) is 0 Å². The number of hydrogen-bond acceptors (Lipinski definition) is 3. The molecule has 2 amide bonds. The monoisotopic (exact) mass is 436 g/mol. The average Bonchev–Trinajstić information content (AvgIpc) is 2.85. The zero-order valence-electron chi connectivity index (χ0n) is 19.2. The van der Waals surface area contributed by atoms with Gasteiger partial charge in [-0.05, 0) is 49.8 Å². The maximum absolute atomic E-state index is 12.9. The van der Waals surface area contributed by atoms with Gasteiger partial charge in [-0.2, -0.15) is 0 Å². The van der Waals surface area contributed by atoms with Crippen LogP contribution >= 0.6 is 0 Å². The van der Waals surface area contributed by atoms with E-state index in [1.54, 1.807) is 0 Å². The number of carbonyl (C=O) groups excluding carboxylic acids is 2. The summed E-state index contributed by atoms with van der Waals surface area (Å²) in [4.78, 5) is 29.6. The van der Waals surface area contributed by atoms with Gasteiger partial charge in [-0.25, -0.2) is 0 Å². The summed E-state index contributed by atoms with van der Waals surface area (Å²) in [6, 6.07) is 20.0. The first-order chi connectivity index (χ1) is 15.7. The van der Waals surface area contributed by atoms with E-state index in [-0.39, 0.29) is 17.9 Å². The second-order valence-corrected chi connectivity index (χ2v) is 8.43. The van der Waals surface area contributed by atoms with Gasteiger partial charge < -0.3 is 14.5 Å². The van der Waals surface area contributed by atoms with Crippen molar-refractivity contribution in [3.63, 3.8) is 0 Å². The highest BCUT2D eigenvalue weighted by molar-refractivity contribution is 5.94. The molecular weight excluding hydrogens is 400 g/mol. The highest BCUT2D eigenvalue weighted by atomic mass is 16.5. The number of hydrogen-bond donors (Lipinski definition) is 0. The molecule has 1 heterocycles. The predicted molar refractivity (Wildman–Crippen MR) is 128 cm³/mol. The normalized spacial score (nSPS) is 14.3. The SMILES string of the molecule is CCCN(C(=O)CCCOCCc1ccccc1)C1CCN(C(=O)c2ccccc2)CC1. The van der Waals surface area contributed by atoms with E-state index in [9.17, 15) is 9.59 Å². The molecule has 2 aromatic rings. The molecular formula is C27H36N2O3. The number of benzene rings is 2. The van der Waals surface area contributed by atoms with Gasteiger partial charge in [0.25, 0.3) is 5.91 Å². The maximum atomic E-state index is 12.9. The van der Waals surface area contributed by atoms with E-state index >= 15 is 0 Å². The molecule has 0 radical (unpaired) electrons. The topological polar surface area (TPSA) is 49.9 Å². The van der Waals surface area contributed by atoms with Gasteiger partial charge in [0.1, 0.15) is 0 Å². The number of nitrogens with zero attached hydrogens (tertiary/aromatic N) is 2. The Bertz CT molecular complexity index is 817. The first-order valence-corrected chi connectivity index (χ1v) is 11.9. The van der Waals surface area contributed by atoms with Gasteiger partial charge in [0.2, 0.25) is 5.91 Å². The third-order valence-electron chi connectivity index (χ3n) is 6.06. The molecule has 0 bridgehead atoms. The van der Waals surface area contributed by atoms with Crippen LogP contribution in [0.3, 0.4) is 0 Å². The van der Waals surface area contributed by atoms with E-state index in [1.165, 1.54) is 5.56 Å². The number of carbonyl (C=O) groups is 2. The Balaban J connectivity index is 1.38. The van der Waals surface area contributed by atoms with Crippen LogP contribution in [0.25, 0.3) is 0 Å². The Hall–Kier alpha value is -2.66. The Morgan fingerprint density at radius 3 is 2.28 bits per heavy atom. The van der Waals surface area contributed by atoms with Crippen molar-refractivity contribution in [2.45, 2.75) is 51.5 Å². The smallest absolute Gasteiger partial charge is 0.253 e. The summed E-state index contributed by atoms with van der Waals surface area (Å²) in [5.74, 6) is 0.302. The lowest BCUT2D eigenvalue weighted by Gasteiger charge is -2.38. The number of amides is 2. The first kappa shape index (κ1) is 24.0. The van der Waals surface area contributed by atoms with Crippen molar-refractivity contribution in [3.05, 3.63) is 71.8 Å². The zero-order valence-corrected chi connectivity index (χ0v) is 19.2. The molecule has 32 heavy (non-hydrogen) atoms. The molecule has 0 saturated carbocycles. The molecule has 5 heteroatoms. The van der Waals surface area contributed by atoms with E-state index in [0.29, 0.717) is 32.7 Å². The molecule has 1 fully saturated rings. The van der Waals surface area contributed by atoms with E-state index in [0.717, 1.165) is 44.2 Å². The third kappa shape index (κ3) is 7.20. The molecule has 0 spiro atoms. The largest absolute Gasteiger partial charge is 0.381 e. The minimum absolute atomic E-state index is 0.0880. The number of piperidine rings is 1. The highest BCUT2D eigenvalue weighted by Crippen LogP contribution is 2.20. The van der Waals surface area contributed by atoms with Crippen LogP contribution < -0.4 is 0 Å². The molecule has 0 atom stereocenters. The first-order valence-electron chi connectivity index (χ1n) is 11.9. The summed E-state index contributed by atoms with van der Waals surface area (Å²) >= 11 is 0. The quantitative estimate of drug-likeness (QED) is 0.485. The van der Waals surface area contributed by atoms with Crippen molar-refractivity contribution in [1.29, 1.82) is 0 Å². The van der Waals surface area contributed by atoms with Crippen LogP contribution in [0, 0.1) is 0 Å². The molecule has 1 aliphatic heterocycles. The molecule has 0 N–H and O–H groups in total. The van der Waals surface area contributed by atoms with E-state index in [4.69, 9.17) is 4.74 Å². The highest BCUT2D eigenvalue weighted by Gasteiger charge is 2.29. The summed E-state index contributed by atoms with van der Waals surface area (Å²) in [6.07, 6.45) is 4.81. The van der Waals surface area contributed by atoms with Gasteiger partial charge in [0, 0.05) is 44.3 Å². The maximum Gasteiger partial charge on any atom is 0.253 e. The summed E-state index contributed by atoms with van der Waals surface area (Å²) in [6.45, 7) is 5.60. The minimum atomic E-state index is 0.0880. The fourth-order valence-corrected chi connectivity index (χ4v) is 4.30. The molecule has 5 nitrogen and oxygen atoms in total. The minimum Gasteiger partial charge on any atom is -0.381 e. The Labute approximate surface area is 192 Å². The molecule has 1 saturated heterocycles. The molecule has 172 valence electrons. The van der Waals surface area contributed by atoms with Crippen LogP contribution in [0.1, 0.15) is 54.9 Å². The van der Waals surface area contributed by atoms with Crippen LogP contribution in [0.2, 0.25) is 0 Å². The van der Waals surface area contributed by atoms with Crippen molar-refractivity contribution in [3.8, 4) is 0 Å². The van der Waals surface area contributed by atoms with Crippen molar-refractivity contribution in [2.24, 2.45) is 0 Å². The van der Waals surface area contributed by atoms with Crippen LogP contribution in [0.4, 0.5) is 0 Å². The Kier molecular flexibility index (Phi) is 9.76. The lowest BCUT2D eigenvalue weighted by atomic mass is 10.0. The van der Waals surface area contributed by atoms with Gasteiger partial charge in [-0.15, -0.1) is 0 Å². The Morgan fingerprint density at radius 1 is 0.969 bits per heavy atom. The molecule has 0 aromatic heterocycles. The Morgan fingerprint density at radius 2 is 1.62 bits per heavy atom. The van der Waals surface area contributed by atoms with Gasteiger partial charge >= 0.3 is 0 Å². The lowest BCUT2D eigenvalue weighted by molar-refractivity contribution is -0.134. The second kappa shape index (κ2) is 13.0. The van der Waals surface area contributed by atoms with Crippen molar-refractivity contribution in [1.82, 2.24) is 9.80 Å². The van der Waals surface area contributed by atoms with Crippen molar-refractivity contribution in [2.75, 3.05) is 32.8 Å². The fourth-order valence-electron chi connectivity index (χ4n) is 4.30. The van der Waals surface area contributed by atoms with Crippen LogP contribution in [-0.2, 0) is 16.0 Å². The molecule has 1 aliphatic rings. The van der Waals surface area contributed by atoms with Gasteiger partial charge in [-0.1, -0.05) is 55.5 Å². The van der Waals surface area contributed by atoms with E-state index in [1.807, 2.05) is 58.3 Å². The number of ether oxygens (including phenoxy) is 1. The summed E-state index contributed by atoms with van der Waals surface area (Å²) < 4.78 is 5.74. The molecule has 2 aromatic carbocycles. The third-order valence-corrected chi connectivity index (χ3v) is 6.06. The number of likely N-dealkylation sites (tertiary alicyclic amines) is 1. The van der Waals surface area contributed by atoms with E-state index < -0.39 is 0 Å². The number of rotatable bonds is 11. The fraction of sp³-hybridized carbons (Fsp3) is 0.481. The van der Waals surface area contributed by atoms with Gasteiger partial charge in [-0.3, -0.25) is 9.59 Å². The van der Waals surface area contributed by atoms with Gasteiger partial charge in [0.05, 0.1) is 6.61 Å². The zero-order chi connectivity index (χ0) is 22.6. The summed E-state index contributed by atoms with van der Waals surface area (Å²) in [7, 11) is 0. The molecule has 0 unspecified atom stereocenters. The molecule has 3 rings (SSSR count). The molecule has 0 aliphatic carbocycles. The van der Waals surface area contributed by atoms with Gasteiger partial charge in [0.15, 0.2) is 0 Å². The average molecular weight is 437 g/mol. The summed E-state index contributed by atoms with van der Waals surface area (Å²) in [5.41, 5.74) is 2.01. The second-order valence-electron chi connectivity index (χ2n) is 8.43. The predicted octanol–water partition coefficient (Wildman–Crippen LogP) is 4.57. The standard InChI is InChI=1S/C27H36N2O3/c1-2-18-29(26(30)14-9-21-32-22-17-23-10-5-3-6-11-23)25-15-19-28(20-16-25)27(31)24-12-7-4-8-13-24/h3-8,10-13,25H,2,9,14-22H2,1H3.